The van der Waals surface area contributed by atoms with E-state index in [0.29, 0.717) is 5.70 Å². The summed E-state index contributed by atoms with van der Waals surface area (Å²) in [7, 11) is 0. The Kier molecular flexibility index (Phi) is 2.47. The van der Waals surface area contributed by atoms with E-state index >= 15 is 0 Å². The highest BCUT2D eigenvalue weighted by atomic mass is 32.2. The van der Waals surface area contributed by atoms with Gasteiger partial charge in [-0.2, -0.15) is 0 Å². The lowest BCUT2D eigenvalue weighted by atomic mass is 10.2. The van der Waals surface area contributed by atoms with Gasteiger partial charge in [0.2, 0.25) is 0 Å². The van der Waals surface area contributed by atoms with Gasteiger partial charge in [0.05, 0.1) is 12.3 Å². The van der Waals surface area contributed by atoms with Crippen LogP contribution in [0.25, 0.3) is 0 Å². The van der Waals surface area contributed by atoms with E-state index in [9.17, 15) is 0 Å². The smallest absolute Gasteiger partial charge is 0.0858 e. The first-order chi connectivity index (χ1) is 6.40. The predicted octanol–water partition coefficient (Wildman–Crippen LogP) is 2.04. The van der Waals surface area contributed by atoms with Gasteiger partial charge in [0.1, 0.15) is 0 Å². The van der Waals surface area contributed by atoms with Crippen LogP contribution in [0, 0.1) is 0 Å². The third-order valence-electron chi connectivity index (χ3n) is 1.77. The van der Waals surface area contributed by atoms with E-state index in [2.05, 4.69) is 4.99 Å². The van der Waals surface area contributed by atoms with Crippen LogP contribution in [0.2, 0.25) is 0 Å². The monoisotopic (exact) mass is 191 g/mol. The Balaban J connectivity index is 2.39. The van der Waals surface area contributed by atoms with E-state index in [1.54, 1.807) is 18.0 Å². The summed E-state index contributed by atoms with van der Waals surface area (Å²) in [6.07, 6.45) is 1.79. The van der Waals surface area contributed by atoms with Crippen LogP contribution in [0.1, 0.15) is 5.56 Å². The molecular formula is C10H9NOS. The molecule has 0 aromatic heterocycles. The van der Waals surface area contributed by atoms with Crippen molar-refractivity contribution in [1.29, 1.82) is 0 Å². The third-order valence-corrected chi connectivity index (χ3v) is 2.79. The molecule has 0 amide bonds. The molecule has 0 radical (unpaired) electrons. The maximum atomic E-state index is 8.90. The van der Waals surface area contributed by atoms with Crippen molar-refractivity contribution in [2.24, 2.45) is 4.99 Å². The van der Waals surface area contributed by atoms with E-state index in [1.807, 2.05) is 29.7 Å². The van der Waals surface area contributed by atoms with Crippen molar-refractivity contribution in [3.05, 3.63) is 40.9 Å². The molecule has 0 aliphatic carbocycles. The molecule has 0 atom stereocenters. The number of rotatable bonds is 1. The van der Waals surface area contributed by atoms with Crippen molar-refractivity contribution in [3.8, 4) is 0 Å². The fraction of sp³-hybridized carbons (Fsp3) is 0.100. The summed E-state index contributed by atoms with van der Waals surface area (Å²) in [6.45, 7) is -0.00249. The third kappa shape index (κ3) is 1.82. The number of nitrogens with zero attached hydrogens (tertiary/aromatic N) is 1. The molecule has 66 valence electrons. The van der Waals surface area contributed by atoms with Gasteiger partial charge in [0.15, 0.2) is 0 Å². The number of fused-ring (bicyclic) bond motifs is 1. The second-order valence-electron chi connectivity index (χ2n) is 2.68. The highest BCUT2D eigenvalue weighted by Crippen LogP contribution is 2.26. The van der Waals surface area contributed by atoms with Gasteiger partial charge in [0.25, 0.3) is 0 Å². The van der Waals surface area contributed by atoms with Crippen molar-refractivity contribution in [2.75, 3.05) is 6.61 Å². The molecule has 0 spiro atoms. The van der Waals surface area contributed by atoms with Crippen LogP contribution in [-0.2, 0) is 0 Å². The molecule has 0 bridgehead atoms. The molecule has 1 N–H and O–H groups in total. The minimum atomic E-state index is -0.00249. The number of hydrogen-bond acceptors (Lipinski definition) is 3. The highest BCUT2D eigenvalue weighted by molar-refractivity contribution is 8.02. The minimum Gasteiger partial charge on any atom is -0.390 e. The SMILES string of the molecule is OCC1=CSc2ccccc2C=N1. The molecule has 2 nitrogen and oxygen atoms in total. The second-order valence-corrected chi connectivity index (χ2v) is 3.59. The zero-order chi connectivity index (χ0) is 9.10. The quantitative estimate of drug-likeness (QED) is 0.736. The van der Waals surface area contributed by atoms with E-state index in [4.69, 9.17) is 5.11 Å². The van der Waals surface area contributed by atoms with Gasteiger partial charge in [-0.15, -0.1) is 0 Å². The lowest BCUT2D eigenvalue weighted by Gasteiger charge is -1.97. The summed E-state index contributed by atoms with van der Waals surface area (Å²) in [5.41, 5.74) is 1.81. The average molecular weight is 191 g/mol. The lowest BCUT2D eigenvalue weighted by Crippen LogP contribution is -1.85. The predicted molar refractivity (Wildman–Crippen MR) is 55.1 cm³/mol. The van der Waals surface area contributed by atoms with E-state index in [0.717, 1.165) is 5.56 Å². The molecule has 13 heavy (non-hydrogen) atoms. The first-order valence-electron chi connectivity index (χ1n) is 4.00. The molecular weight excluding hydrogens is 182 g/mol. The number of thioether (sulfide) groups is 1. The fourth-order valence-corrected chi connectivity index (χ4v) is 1.90. The van der Waals surface area contributed by atoms with Crippen molar-refractivity contribution >= 4 is 18.0 Å². The average Bonchev–Trinajstić information content (AvgIpc) is 2.39. The van der Waals surface area contributed by atoms with Crippen LogP contribution < -0.4 is 0 Å². The van der Waals surface area contributed by atoms with Crippen LogP contribution >= 0.6 is 11.8 Å². The number of aliphatic hydroxyl groups is 1. The van der Waals surface area contributed by atoms with Crippen LogP contribution in [0.4, 0.5) is 0 Å². The van der Waals surface area contributed by atoms with Gasteiger partial charge in [0, 0.05) is 16.7 Å². The largest absolute Gasteiger partial charge is 0.390 e. The van der Waals surface area contributed by atoms with E-state index in [1.165, 1.54) is 4.90 Å². The van der Waals surface area contributed by atoms with Gasteiger partial charge >= 0.3 is 0 Å². The fourth-order valence-electron chi connectivity index (χ4n) is 1.09. The standard InChI is InChI=1S/C10H9NOS/c12-6-9-7-13-10-4-2-1-3-8(10)5-11-9/h1-5,7,12H,6H2. The van der Waals surface area contributed by atoms with Crippen LogP contribution in [0.3, 0.4) is 0 Å². The number of aliphatic hydroxyl groups excluding tert-OH is 1. The van der Waals surface area contributed by atoms with E-state index < -0.39 is 0 Å². The molecule has 1 aliphatic heterocycles. The van der Waals surface area contributed by atoms with Gasteiger partial charge < -0.3 is 5.11 Å². The highest BCUT2D eigenvalue weighted by Gasteiger charge is 2.03. The number of aliphatic imine (C=N–C) groups is 1. The Morgan fingerprint density at radius 1 is 1.31 bits per heavy atom. The lowest BCUT2D eigenvalue weighted by molar-refractivity contribution is 0.330. The summed E-state index contributed by atoms with van der Waals surface area (Å²) < 4.78 is 0. The molecule has 0 fully saturated rings. The molecule has 2 rings (SSSR count). The van der Waals surface area contributed by atoms with Gasteiger partial charge in [-0.25, -0.2) is 0 Å². The molecule has 1 aromatic rings. The normalized spacial score (nSPS) is 14.7. The molecule has 3 heteroatoms. The van der Waals surface area contributed by atoms with Crippen molar-refractivity contribution < 1.29 is 5.11 Å². The van der Waals surface area contributed by atoms with Crippen molar-refractivity contribution in [2.45, 2.75) is 4.90 Å². The number of hydrogen-bond donors (Lipinski definition) is 1. The Morgan fingerprint density at radius 2 is 2.15 bits per heavy atom. The van der Waals surface area contributed by atoms with Crippen molar-refractivity contribution in [3.63, 3.8) is 0 Å². The zero-order valence-corrected chi connectivity index (χ0v) is 7.79. The Bertz CT molecular complexity index is 371. The van der Waals surface area contributed by atoms with Gasteiger partial charge in [-0.3, -0.25) is 4.99 Å². The topological polar surface area (TPSA) is 32.6 Å². The zero-order valence-electron chi connectivity index (χ0n) is 6.97. The molecule has 1 aromatic carbocycles. The molecule has 0 saturated carbocycles. The Hall–Kier alpha value is -1.06. The number of benzene rings is 1. The maximum Gasteiger partial charge on any atom is 0.0858 e. The summed E-state index contributed by atoms with van der Waals surface area (Å²) in [4.78, 5) is 5.32. The summed E-state index contributed by atoms with van der Waals surface area (Å²) in [6, 6.07) is 8.04. The van der Waals surface area contributed by atoms with Gasteiger partial charge in [-0.05, 0) is 11.5 Å². The molecule has 1 aliphatic rings. The molecule has 0 saturated heterocycles. The summed E-state index contributed by atoms with van der Waals surface area (Å²) >= 11 is 1.60. The Morgan fingerprint density at radius 3 is 3.00 bits per heavy atom. The van der Waals surface area contributed by atoms with Crippen molar-refractivity contribution in [1.82, 2.24) is 0 Å². The Labute approximate surface area is 81.0 Å². The molecule has 0 unspecified atom stereocenters. The first-order valence-corrected chi connectivity index (χ1v) is 4.88. The van der Waals surface area contributed by atoms with Gasteiger partial charge in [-0.1, -0.05) is 30.0 Å². The van der Waals surface area contributed by atoms with Crippen LogP contribution in [0.5, 0.6) is 0 Å². The minimum absolute atomic E-state index is 0.00249. The summed E-state index contributed by atoms with van der Waals surface area (Å²) in [5, 5.41) is 10.8. The first kappa shape index (κ1) is 8.53. The van der Waals surface area contributed by atoms with E-state index in [-0.39, 0.29) is 6.61 Å². The second kappa shape index (κ2) is 3.77. The maximum absolute atomic E-state index is 8.90. The molecule has 1 heterocycles. The summed E-state index contributed by atoms with van der Waals surface area (Å²) in [5.74, 6) is 0. The van der Waals surface area contributed by atoms with Crippen LogP contribution in [-0.4, -0.2) is 17.9 Å². The van der Waals surface area contributed by atoms with Crippen LogP contribution in [0.15, 0.2) is 45.3 Å².